The van der Waals surface area contributed by atoms with E-state index < -0.39 is 11.7 Å². The molecule has 2 N–H and O–H groups in total. The molecule has 6 heteroatoms. The Hall–Kier alpha value is -1.82. The second-order valence-corrected chi connectivity index (χ2v) is 4.83. The van der Waals surface area contributed by atoms with Crippen molar-refractivity contribution >= 4 is 0 Å². The van der Waals surface area contributed by atoms with Crippen LogP contribution in [-0.2, 0) is 19.6 Å². The maximum Gasteiger partial charge on any atom is 0.416 e. The predicted molar refractivity (Wildman–Crippen MR) is 70.0 cm³/mol. The van der Waals surface area contributed by atoms with Crippen molar-refractivity contribution in [2.45, 2.75) is 25.6 Å². The van der Waals surface area contributed by atoms with Gasteiger partial charge in [-0.3, -0.25) is 4.68 Å². The number of benzene rings is 1. The summed E-state index contributed by atoms with van der Waals surface area (Å²) in [5.41, 5.74) is 7.90. The number of alkyl halides is 3. The normalized spacial score (nSPS) is 13.5. The molecule has 108 valence electrons. The van der Waals surface area contributed by atoms with Crippen LogP contribution in [0, 0.1) is 6.92 Å². The van der Waals surface area contributed by atoms with Gasteiger partial charge in [-0.05, 0) is 30.7 Å². The Morgan fingerprint density at radius 1 is 1.25 bits per heavy atom. The fourth-order valence-electron chi connectivity index (χ4n) is 2.12. The minimum absolute atomic E-state index is 0.355. The van der Waals surface area contributed by atoms with E-state index in [2.05, 4.69) is 5.10 Å². The third-order valence-electron chi connectivity index (χ3n) is 3.19. The molecule has 0 amide bonds. The van der Waals surface area contributed by atoms with Gasteiger partial charge in [-0.2, -0.15) is 18.3 Å². The van der Waals surface area contributed by atoms with Crippen molar-refractivity contribution in [2.75, 3.05) is 0 Å². The fraction of sp³-hybridized carbons (Fsp3) is 0.357. The molecule has 0 fully saturated rings. The van der Waals surface area contributed by atoms with Gasteiger partial charge in [0, 0.05) is 25.2 Å². The highest BCUT2D eigenvalue weighted by Gasteiger charge is 2.30. The summed E-state index contributed by atoms with van der Waals surface area (Å²) >= 11 is 0. The molecule has 1 aromatic heterocycles. The van der Waals surface area contributed by atoms with Gasteiger partial charge in [-0.25, -0.2) is 0 Å². The number of hydrogen-bond donors (Lipinski definition) is 1. The fourth-order valence-corrected chi connectivity index (χ4v) is 2.12. The molecular weight excluding hydrogens is 267 g/mol. The van der Waals surface area contributed by atoms with Crippen molar-refractivity contribution in [3.05, 3.63) is 52.8 Å². The maximum atomic E-state index is 12.5. The number of rotatable bonds is 3. The lowest BCUT2D eigenvalue weighted by Gasteiger charge is -2.13. The van der Waals surface area contributed by atoms with Crippen LogP contribution in [0.3, 0.4) is 0 Å². The lowest BCUT2D eigenvalue weighted by Crippen LogP contribution is -2.16. The van der Waals surface area contributed by atoms with Crippen LogP contribution in [0.1, 0.15) is 28.6 Å². The number of halogens is 3. The summed E-state index contributed by atoms with van der Waals surface area (Å²) in [6, 6.07) is 6.54. The molecule has 1 aromatic carbocycles. The van der Waals surface area contributed by atoms with Crippen LogP contribution >= 0.6 is 0 Å². The number of nitrogens with two attached hydrogens (primary N) is 1. The van der Waals surface area contributed by atoms with Crippen molar-refractivity contribution in [1.82, 2.24) is 9.78 Å². The van der Waals surface area contributed by atoms with Gasteiger partial charge >= 0.3 is 6.18 Å². The molecule has 1 heterocycles. The first-order valence-corrected chi connectivity index (χ1v) is 6.19. The summed E-state index contributed by atoms with van der Waals surface area (Å²) in [6.07, 6.45) is -3.79. The number of hydrogen-bond acceptors (Lipinski definition) is 2. The molecule has 0 spiro atoms. The summed E-state index contributed by atoms with van der Waals surface area (Å²) < 4.78 is 39.2. The SMILES string of the molecule is Cc1cc(CC(N)c2ccc(C(F)(F)F)cc2)n(C)n1. The van der Waals surface area contributed by atoms with E-state index in [0.29, 0.717) is 12.0 Å². The zero-order valence-electron chi connectivity index (χ0n) is 11.3. The summed E-state index contributed by atoms with van der Waals surface area (Å²) in [5.74, 6) is 0. The minimum atomic E-state index is -4.32. The van der Waals surface area contributed by atoms with Crippen molar-refractivity contribution in [2.24, 2.45) is 12.8 Å². The summed E-state index contributed by atoms with van der Waals surface area (Å²) in [6.45, 7) is 1.88. The van der Waals surface area contributed by atoms with Crippen LogP contribution in [0.5, 0.6) is 0 Å². The smallest absolute Gasteiger partial charge is 0.324 e. The maximum absolute atomic E-state index is 12.5. The molecule has 0 aliphatic carbocycles. The molecule has 0 aliphatic rings. The van der Waals surface area contributed by atoms with E-state index in [1.807, 2.05) is 20.0 Å². The second-order valence-electron chi connectivity index (χ2n) is 4.83. The molecule has 2 rings (SSSR count). The first kappa shape index (κ1) is 14.6. The van der Waals surface area contributed by atoms with E-state index in [-0.39, 0.29) is 6.04 Å². The molecule has 0 radical (unpaired) electrons. The molecule has 2 aromatic rings. The molecule has 20 heavy (non-hydrogen) atoms. The summed E-state index contributed by atoms with van der Waals surface area (Å²) in [5, 5.41) is 4.22. The third kappa shape index (κ3) is 3.19. The molecular formula is C14H16F3N3. The number of aryl methyl sites for hydroxylation is 2. The zero-order chi connectivity index (χ0) is 14.9. The van der Waals surface area contributed by atoms with Crippen LogP contribution < -0.4 is 5.73 Å². The van der Waals surface area contributed by atoms with Gasteiger partial charge in [-0.1, -0.05) is 12.1 Å². The van der Waals surface area contributed by atoms with E-state index in [1.54, 1.807) is 4.68 Å². The topological polar surface area (TPSA) is 43.8 Å². The van der Waals surface area contributed by atoms with Gasteiger partial charge < -0.3 is 5.73 Å². The Kier molecular flexibility index (Phi) is 3.85. The molecule has 0 aliphatic heterocycles. The number of nitrogens with zero attached hydrogens (tertiary/aromatic N) is 2. The van der Waals surface area contributed by atoms with Crippen LogP contribution in [0.4, 0.5) is 13.2 Å². The van der Waals surface area contributed by atoms with Crippen molar-refractivity contribution in [1.29, 1.82) is 0 Å². The molecule has 3 nitrogen and oxygen atoms in total. The average molecular weight is 283 g/mol. The average Bonchev–Trinajstić information content (AvgIpc) is 2.67. The van der Waals surface area contributed by atoms with E-state index in [4.69, 9.17) is 5.73 Å². The highest BCUT2D eigenvalue weighted by atomic mass is 19.4. The van der Waals surface area contributed by atoms with Gasteiger partial charge in [0.1, 0.15) is 0 Å². The molecule has 1 unspecified atom stereocenters. The zero-order valence-corrected chi connectivity index (χ0v) is 11.3. The molecule has 1 atom stereocenters. The van der Waals surface area contributed by atoms with E-state index in [0.717, 1.165) is 23.5 Å². The molecule has 0 saturated carbocycles. The lowest BCUT2D eigenvalue weighted by molar-refractivity contribution is -0.137. The van der Waals surface area contributed by atoms with Gasteiger partial charge in [0.15, 0.2) is 0 Å². The minimum Gasteiger partial charge on any atom is -0.324 e. The molecule has 0 saturated heterocycles. The standard InChI is InChI=1S/C14H16F3N3/c1-9-7-12(20(2)19-9)8-13(18)10-3-5-11(6-4-10)14(15,16)17/h3-7,13H,8,18H2,1-2H3. The largest absolute Gasteiger partial charge is 0.416 e. The van der Waals surface area contributed by atoms with Crippen LogP contribution in [-0.4, -0.2) is 9.78 Å². The second kappa shape index (κ2) is 5.28. The van der Waals surface area contributed by atoms with E-state index in [1.165, 1.54) is 12.1 Å². The van der Waals surface area contributed by atoms with Gasteiger partial charge in [0.25, 0.3) is 0 Å². The first-order valence-electron chi connectivity index (χ1n) is 6.19. The Morgan fingerprint density at radius 3 is 2.30 bits per heavy atom. The van der Waals surface area contributed by atoms with Crippen LogP contribution in [0.25, 0.3) is 0 Å². The first-order chi connectivity index (χ1) is 9.27. The summed E-state index contributed by atoms with van der Waals surface area (Å²) in [7, 11) is 1.82. The Bertz CT molecular complexity index is 585. The highest BCUT2D eigenvalue weighted by Crippen LogP contribution is 2.30. The Labute approximate surface area is 115 Å². The summed E-state index contributed by atoms with van der Waals surface area (Å²) in [4.78, 5) is 0. The van der Waals surface area contributed by atoms with E-state index in [9.17, 15) is 13.2 Å². The predicted octanol–water partition coefficient (Wildman–Crippen LogP) is 2.99. The third-order valence-corrected chi connectivity index (χ3v) is 3.19. The lowest BCUT2D eigenvalue weighted by atomic mass is 10.0. The van der Waals surface area contributed by atoms with Gasteiger partial charge in [0.2, 0.25) is 0 Å². The monoisotopic (exact) mass is 283 g/mol. The van der Waals surface area contributed by atoms with Gasteiger partial charge in [0.05, 0.1) is 11.3 Å². The van der Waals surface area contributed by atoms with Gasteiger partial charge in [-0.15, -0.1) is 0 Å². The van der Waals surface area contributed by atoms with Crippen molar-refractivity contribution in [3.8, 4) is 0 Å². The van der Waals surface area contributed by atoms with E-state index >= 15 is 0 Å². The van der Waals surface area contributed by atoms with Crippen molar-refractivity contribution in [3.63, 3.8) is 0 Å². The Morgan fingerprint density at radius 2 is 1.85 bits per heavy atom. The van der Waals surface area contributed by atoms with Crippen LogP contribution in [0.15, 0.2) is 30.3 Å². The quantitative estimate of drug-likeness (QED) is 0.941. The highest BCUT2D eigenvalue weighted by molar-refractivity contribution is 5.27. The van der Waals surface area contributed by atoms with Crippen LogP contribution in [0.2, 0.25) is 0 Å². The Balaban J connectivity index is 2.13. The van der Waals surface area contributed by atoms with Crippen molar-refractivity contribution < 1.29 is 13.2 Å². The number of aromatic nitrogens is 2. The molecule has 0 bridgehead atoms.